The van der Waals surface area contributed by atoms with Crippen molar-refractivity contribution in [1.29, 1.82) is 0 Å². The number of nitrogens with zero attached hydrogens (tertiary/aromatic N) is 3. The lowest BCUT2D eigenvalue weighted by Gasteiger charge is -2.32. The van der Waals surface area contributed by atoms with Crippen LogP contribution in [0.15, 0.2) is 42.5 Å². The van der Waals surface area contributed by atoms with Gasteiger partial charge in [0.25, 0.3) is 11.8 Å². The number of fused-ring (bicyclic) bond motifs is 4. The van der Waals surface area contributed by atoms with Gasteiger partial charge in [0.05, 0.1) is 35.6 Å². The first kappa shape index (κ1) is 18.7. The Bertz CT molecular complexity index is 1160. The van der Waals surface area contributed by atoms with Crippen molar-refractivity contribution in [3.8, 4) is 5.75 Å². The van der Waals surface area contributed by atoms with Gasteiger partial charge in [0.15, 0.2) is 0 Å². The minimum atomic E-state index is -0.730. The SMILES string of the molecule is O=C1c2ccccc2C(=O)N1C[C@@H]1OC(=O)N2c3ccc(N4CCOC4=O)cc3OC[C@@H]12. The number of hydrogen-bond donors (Lipinski definition) is 0. The molecule has 0 aliphatic carbocycles. The molecule has 32 heavy (non-hydrogen) atoms. The lowest BCUT2D eigenvalue weighted by Crippen LogP contribution is -2.48. The van der Waals surface area contributed by atoms with Gasteiger partial charge in [-0.05, 0) is 24.3 Å². The average molecular weight is 435 g/mol. The highest BCUT2D eigenvalue weighted by molar-refractivity contribution is 6.21. The molecule has 0 aromatic heterocycles. The van der Waals surface area contributed by atoms with Crippen molar-refractivity contribution >= 4 is 35.4 Å². The summed E-state index contributed by atoms with van der Waals surface area (Å²) in [6, 6.07) is 11.2. The highest BCUT2D eigenvalue weighted by Gasteiger charge is 2.49. The topological polar surface area (TPSA) is 106 Å². The lowest BCUT2D eigenvalue weighted by molar-refractivity contribution is 0.0513. The second-order valence-corrected chi connectivity index (χ2v) is 7.86. The van der Waals surface area contributed by atoms with Gasteiger partial charge in [0, 0.05) is 6.07 Å². The molecule has 10 nitrogen and oxygen atoms in total. The maximum absolute atomic E-state index is 12.7. The number of ether oxygens (including phenoxy) is 3. The minimum Gasteiger partial charge on any atom is -0.489 e. The van der Waals surface area contributed by atoms with E-state index < -0.39 is 36.1 Å². The van der Waals surface area contributed by atoms with E-state index in [1.165, 1.54) is 9.80 Å². The van der Waals surface area contributed by atoms with Crippen LogP contribution >= 0.6 is 0 Å². The smallest absolute Gasteiger partial charge is 0.415 e. The van der Waals surface area contributed by atoms with E-state index in [0.29, 0.717) is 41.4 Å². The normalized spacial score (nSPS) is 23.6. The van der Waals surface area contributed by atoms with Gasteiger partial charge in [-0.15, -0.1) is 0 Å². The summed E-state index contributed by atoms with van der Waals surface area (Å²) in [5.74, 6) is -0.365. The van der Waals surface area contributed by atoms with Crippen molar-refractivity contribution in [1.82, 2.24) is 4.90 Å². The monoisotopic (exact) mass is 435 g/mol. The van der Waals surface area contributed by atoms with Crippen molar-refractivity contribution in [2.24, 2.45) is 0 Å². The Morgan fingerprint density at radius 1 is 0.906 bits per heavy atom. The number of cyclic esters (lactones) is 2. The van der Waals surface area contributed by atoms with Gasteiger partial charge in [-0.25, -0.2) is 9.59 Å². The summed E-state index contributed by atoms with van der Waals surface area (Å²) in [5, 5.41) is 0. The molecule has 4 aliphatic heterocycles. The van der Waals surface area contributed by atoms with E-state index >= 15 is 0 Å². The Kier molecular flexibility index (Phi) is 3.91. The van der Waals surface area contributed by atoms with Gasteiger partial charge < -0.3 is 14.2 Å². The first-order valence-electron chi connectivity index (χ1n) is 10.2. The lowest BCUT2D eigenvalue weighted by atomic mass is 10.1. The minimum absolute atomic E-state index is 0.0599. The van der Waals surface area contributed by atoms with Crippen molar-refractivity contribution in [2.45, 2.75) is 12.1 Å². The van der Waals surface area contributed by atoms with Crippen LogP contribution in [0.3, 0.4) is 0 Å². The standard InChI is InChI=1S/C22H17N3O7/c26-19-13-3-1-2-4-14(13)20(27)24(19)10-18-16-11-31-17-9-12(23-7-8-30-21(23)28)5-6-15(17)25(16)22(29)32-18/h1-6,9,16,18H,7-8,10-11H2/t16-,18-/m0/s1. The molecular weight excluding hydrogens is 418 g/mol. The second-order valence-electron chi connectivity index (χ2n) is 7.86. The Balaban J connectivity index is 1.25. The second kappa shape index (κ2) is 6.71. The maximum Gasteiger partial charge on any atom is 0.415 e. The zero-order valence-corrected chi connectivity index (χ0v) is 16.7. The summed E-state index contributed by atoms with van der Waals surface area (Å²) in [6.07, 6.45) is -1.74. The number of amides is 4. The van der Waals surface area contributed by atoms with Crippen LogP contribution in [0.4, 0.5) is 21.0 Å². The molecule has 0 bridgehead atoms. The van der Waals surface area contributed by atoms with Gasteiger partial charge in [-0.2, -0.15) is 0 Å². The molecule has 0 radical (unpaired) electrons. The quantitative estimate of drug-likeness (QED) is 0.679. The largest absolute Gasteiger partial charge is 0.489 e. The molecule has 0 saturated carbocycles. The van der Waals surface area contributed by atoms with Gasteiger partial charge in [-0.1, -0.05) is 12.1 Å². The van der Waals surface area contributed by atoms with Crippen molar-refractivity contribution < 1.29 is 33.4 Å². The maximum atomic E-state index is 12.7. The molecule has 4 amide bonds. The average Bonchev–Trinajstić information content (AvgIpc) is 3.45. The molecule has 10 heteroatoms. The van der Waals surface area contributed by atoms with Gasteiger partial charge >= 0.3 is 12.2 Å². The third-order valence-corrected chi connectivity index (χ3v) is 6.14. The number of carbonyl (C=O) groups is 4. The number of imide groups is 1. The van der Waals surface area contributed by atoms with E-state index in [4.69, 9.17) is 14.2 Å². The first-order chi connectivity index (χ1) is 15.5. The zero-order valence-electron chi connectivity index (χ0n) is 16.7. The summed E-state index contributed by atoms with van der Waals surface area (Å²) < 4.78 is 16.4. The fraction of sp³-hybridized carbons (Fsp3) is 0.273. The summed E-state index contributed by atoms with van der Waals surface area (Å²) in [7, 11) is 0. The van der Waals surface area contributed by atoms with Crippen LogP contribution in [-0.2, 0) is 9.47 Å². The van der Waals surface area contributed by atoms with E-state index in [9.17, 15) is 19.2 Å². The van der Waals surface area contributed by atoms with E-state index in [1.54, 1.807) is 42.5 Å². The molecule has 2 saturated heterocycles. The van der Waals surface area contributed by atoms with Crippen molar-refractivity contribution in [3.63, 3.8) is 0 Å². The number of benzene rings is 2. The highest BCUT2D eigenvalue weighted by atomic mass is 16.6. The number of hydrogen-bond acceptors (Lipinski definition) is 7. The molecule has 0 unspecified atom stereocenters. The molecule has 2 aromatic rings. The van der Waals surface area contributed by atoms with Gasteiger partial charge in [0.1, 0.15) is 31.1 Å². The number of anilines is 2. The molecule has 2 aromatic carbocycles. The van der Waals surface area contributed by atoms with Crippen molar-refractivity contribution in [2.75, 3.05) is 36.1 Å². The van der Waals surface area contributed by atoms with Gasteiger partial charge in [-0.3, -0.25) is 24.3 Å². The first-order valence-corrected chi connectivity index (χ1v) is 10.2. The fourth-order valence-electron chi connectivity index (χ4n) is 4.56. The molecule has 162 valence electrons. The number of carbonyl (C=O) groups excluding carboxylic acids is 4. The molecular formula is C22H17N3O7. The predicted molar refractivity (Wildman–Crippen MR) is 109 cm³/mol. The highest BCUT2D eigenvalue weighted by Crippen LogP contribution is 2.41. The molecule has 2 fully saturated rings. The summed E-state index contributed by atoms with van der Waals surface area (Å²) >= 11 is 0. The van der Waals surface area contributed by atoms with Crippen LogP contribution in [0.5, 0.6) is 5.75 Å². The Morgan fingerprint density at radius 3 is 2.34 bits per heavy atom. The van der Waals surface area contributed by atoms with Crippen molar-refractivity contribution in [3.05, 3.63) is 53.6 Å². The third kappa shape index (κ3) is 2.58. The Morgan fingerprint density at radius 2 is 1.66 bits per heavy atom. The Labute approximate surface area is 181 Å². The van der Waals surface area contributed by atoms with Crippen LogP contribution in [0.25, 0.3) is 0 Å². The molecule has 0 N–H and O–H groups in total. The third-order valence-electron chi connectivity index (χ3n) is 6.14. The summed E-state index contributed by atoms with van der Waals surface area (Å²) in [6.45, 7) is 0.821. The molecule has 2 atom stereocenters. The summed E-state index contributed by atoms with van der Waals surface area (Å²) in [4.78, 5) is 54.0. The van der Waals surface area contributed by atoms with Gasteiger partial charge in [0.2, 0.25) is 0 Å². The molecule has 6 rings (SSSR count). The molecule has 4 heterocycles. The molecule has 4 aliphatic rings. The predicted octanol–water partition coefficient (Wildman–Crippen LogP) is 2.03. The summed E-state index contributed by atoms with van der Waals surface area (Å²) in [5.41, 5.74) is 1.81. The van der Waals surface area contributed by atoms with E-state index in [2.05, 4.69) is 0 Å². The fourth-order valence-corrected chi connectivity index (χ4v) is 4.56. The van der Waals surface area contributed by atoms with Crippen LogP contribution < -0.4 is 14.5 Å². The van der Waals surface area contributed by atoms with E-state index in [-0.39, 0.29) is 13.2 Å². The van der Waals surface area contributed by atoms with Crippen LogP contribution in [0.2, 0.25) is 0 Å². The van der Waals surface area contributed by atoms with E-state index in [0.717, 1.165) is 4.90 Å². The Hall–Kier alpha value is -4.08. The zero-order chi connectivity index (χ0) is 22.0. The number of rotatable bonds is 3. The van der Waals surface area contributed by atoms with Crippen LogP contribution in [0.1, 0.15) is 20.7 Å². The van der Waals surface area contributed by atoms with Crippen LogP contribution in [-0.4, -0.2) is 67.3 Å². The van der Waals surface area contributed by atoms with E-state index in [1.807, 2.05) is 0 Å². The van der Waals surface area contributed by atoms with Crippen LogP contribution in [0, 0.1) is 0 Å². The molecule has 0 spiro atoms.